The van der Waals surface area contributed by atoms with E-state index in [2.05, 4.69) is 126 Å². The van der Waals surface area contributed by atoms with Crippen LogP contribution in [0.2, 0.25) is 0 Å². The van der Waals surface area contributed by atoms with Crippen LogP contribution < -0.4 is 5.73 Å². The molecule has 0 saturated carbocycles. The quantitative estimate of drug-likeness (QED) is 0.100. The number of benzene rings is 7. The molecule has 0 fully saturated rings. The van der Waals surface area contributed by atoms with Crippen molar-refractivity contribution in [3.05, 3.63) is 188 Å². The third-order valence-electron chi connectivity index (χ3n) is 9.43. The monoisotopic (exact) mass is 654 g/mol. The van der Waals surface area contributed by atoms with Crippen molar-refractivity contribution in [2.24, 2.45) is 0 Å². The summed E-state index contributed by atoms with van der Waals surface area (Å²) < 4.78 is 0. The minimum Gasteiger partial charge on any atom is -0.398 e. The van der Waals surface area contributed by atoms with Crippen LogP contribution in [0.4, 0.5) is 5.69 Å². The highest BCUT2D eigenvalue weighted by Crippen LogP contribution is 2.44. The van der Waals surface area contributed by atoms with E-state index < -0.39 is 0 Å². The second-order valence-corrected chi connectivity index (χ2v) is 12.5. The molecule has 0 saturated heterocycles. The number of rotatable bonds is 4. The minimum absolute atomic E-state index is 0.240. The van der Waals surface area contributed by atoms with Gasteiger partial charge in [0.15, 0.2) is 0 Å². The summed E-state index contributed by atoms with van der Waals surface area (Å²) in [4.78, 5) is 4.16. The Morgan fingerprint density at radius 3 is 1.63 bits per heavy atom. The molecule has 1 aromatic heterocycles. The Morgan fingerprint density at radius 2 is 1.00 bits per heavy atom. The number of fused-ring (bicyclic) bond motifs is 3. The fourth-order valence-electron chi connectivity index (χ4n) is 7.01. The highest BCUT2D eigenvalue weighted by atomic mass is 14.6. The molecule has 1 aliphatic carbocycles. The molecule has 0 unspecified atom stereocenters. The second-order valence-electron chi connectivity index (χ2n) is 12.5. The van der Waals surface area contributed by atoms with E-state index in [4.69, 9.17) is 16.6 Å². The first-order valence-corrected chi connectivity index (χ1v) is 16.9. The molecule has 8 aromatic rings. The molecule has 0 amide bonds. The standard InChI is InChI=1S/C32H22N2.C15H12N2/c33-29-18-16-24(20-30(29)34)23-15-17-27-28(19-23)32(22-11-5-2-6-12-22)26-14-8-7-13-25(26)31(27)21-9-3-1-4-10-21;16-15-8-7-12(11-4-3-9-17-10-11)13-5-1-2-6-14(13)15/h1-20,33-34H;1-10H,16H2. The molecule has 9 rings (SSSR count). The smallest absolute Gasteiger partial charge is 0.0795 e. The number of nitrogens with two attached hydrogens (primary N) is 1. The van der Waals surface area contributed by atoms with Gasteiger partial charge in [-0.15, -0.1) is 0 Å². The van der Waals surface area contributed by atoms with E-state index in [1.54, 1.807) is 18.3 Å². The number of nitrogens with zero attached hydrogens (tertiary/aromatic N) is 1. The summed E-state index contributed by atoms with van der Waals surface area (Å²) in [7, 11) is 0. The molecule has 4 heteroatoms. The van der Waals surface area contributed by atoms with Gasteiger partial charge in [-0.25, -0.2) is 0 Å². The third kappa shape index (κ3) is 6.00. The van der Waals surface area contributed by atoms with Crippen LogP contribution >= 0.6 is 0 Å². The van der Waals surface area contributed by atoms with Gasteiger partial charge in [-0.05, 0) is 96.2 Å². The van der Waals surface area contributed by atoms with Crippen LogP contribution in [0.3, 0.4) is 0 Å². The number of hydrogen-bond acceptors (Lipinski definition) is 4. The maximum Gasteiger partial charge on any atom is 0.0795 e. The van der Waals surface area contributed by atoms with Gasteiger partial charge < -0.3 is 5.73 Å². The molecule has 0 aliphatic heterocycles. The number of nitrogens with one attached hydrogen (secondary N) is 2. The lowest BCUT2D eigenvalue weighted by atomic mass is 9.84. The molecular weight excluding hydrogens is 621 g/mol. The Balaban J connectivity index is 0.000000184. The second kappa shape index (κ2) is 13.5. The number of anilines is 1. The Morgan fingerprint density at radius 1 is 0.431 bits per heavy atom. The Labute approximate surface area is 296 Å². The fraction of sp³-hybridized carbons (Fsp3) is 0. The predicted molar refractivity (Wildman–Crippen MR) is 216 cm³/mol. The summed E-state index contributed by atoms with van der Waals surface area (Å²) in [6.45, 7) is 0. The van der Waals surface area contributed by atoms with Gasteiger partial charge in [0, 0.05) is 29.0 Å². The maximum absolute atomic E-state index is 8.12. The lowest BCUT2D eigenvalue weighted by Crippen LogP contribution is -2.09. The average Bonchev–Trinajstić information content (AvgIpc) is 3.19. The summed E-state index contributed by atoms with van der Waals surface area (Å²) in [6.07, 6.45) is 9.07. The molecule has 0 radical (unpaired) electrons. The molecule has 7 aromatic carbocycles. The molecule has 0 atom stereocenters. The van der Waals surface area contributed by atoms with Crippen LogP contribution in [-0.4, -0.2) is 16.4 Å². The first-order valence-electron chi connectivity index (χ1n) is 16.9. The van der Waals surface area contributed by atoms with E-state index in [1.807, 2.05) is 42.6 Å². The Hall–Kier alpha value is -6.91. The SMILES string of the molecule is N=C1C=CC(c2ccc3c(-c4ccccc4)c4ccccc4c(-c4ccccc4)c3c2)=CC1=N.Nc1ccc(-c2cccnc2)c2ccccc12. The highest BCUT2D eigenvalue weighted by Gasteiger charge is 2.18. The lowest BCUT2D eigenvalue weighted by Gasteiger charge is -2.19. The van der Waals surface area contributed by atoms with Crippen LogP contribution in [-0.2, 0) is 0 Å². The normalized spacial score (nSPS) is 12.5. The molecule has 51 heavy (non-hydrogen) atoms. The van der Waals surface area contributed by atoms with E-state index >= 15 is 0 Å². The summed E-state index contributed by atoms with van der Waals surface area (Å²) in [6, 6.07) is 52.6. The number of pyridine rings is 1. The van der Waals surface area contributed by atoms with E-state index in [0.29, 0.717) is 0 Å². The predicted octanol–water partition coefficient (Wildman–Crippen LogP) is 11.8. The van der Waals surface area contributed by atoms with Gasteiger partial charge in [-0.1, -0.05) is 140 Å². The van der Waals surface area contributed by atoms with Gasteiger partial charge in [0.25, 0.3) is 0 Å². The largest absolute Gasteiger partial charge is 0.398 e. The summed E-state index contributed by atoms with van der Waals surface area (Å²) >= 11 is 0. The van der Waals surface area contributed by atoms with Crippen molar-refractivity contribution < 1.29 is 0 Å². The van der Waals surface area contributed by atoms with Crippen molar-refractivity contribution in [1.29, 1.82) is 10.8 Å². The van der Waals surface area contributed by atoms with Gasteiger partial charge >= 0.3 is 0 Å². The van der Waals surface area contributed by atoms with E-state index in [9.17, 15) is 0 Å². The van der Waals surface area contributed by atoms with Crippen molar-refractivity contribution in [2.45, 2.75) is 0 Å². The Kier molecular flexibility index (Phi) is 8.33. The van der Waals surface area contributed by atoms with Gasteiger partial charge in [0.2, 0.25) is 0 Å². The zero-order chi connectivity index (χ0) is 34.7. The zero-order valence-corrected chi connectivity index (χ0v) is 27.8. The number of aromatic nitrogens is 1. The van der Waals surface area contributed by atoms with Crippen molar-refractivity contribution in [1.82, 2.24) is 4.98 Å². The maximum atomic E-state index is 8.12. The van der Waals surface area contributed by atoms with Crippen LogP contribution in [0.5, 0.6) is 0 Å². The summed E-state index contributed by atoms with van der Waals surface area (Å²) in [5, 5.41) is 23.1. The van der Waals surface area contributed by atoms with Crippen molar-refractivity contribution in [2.75, 3.05) is 5.73 Å². The molecule has 4 N–H and O–H groups in total. The average molecular weight is 655 g/mol. The van der Waals surface area contributed by atoms with Crippen LogP contribution in [0, 0.1) is 10.8 Å². The van der Waals surface area contributed by atoms with Crippen molar-refractivity contribution in [3.63, 3.8) is 0 Å². The molecule has 4 nitrogen and oxygen atoms in total. The molecule has 1 aliphatic rings. The zero-order valence-electron chi connectivity index (χ0n) is 27.8. The third-order valence-corrected chi connectivity index (χ3v) is 9.43. The Bertz CT molecular complexity index is 2660. The van der Waals surface area contributed by atoms with E-state index in [-0.39, 0.29) is 11.4 Å². The lowest BCUT2D eigenvalue weighted by molar-refractivity contribution is 1.33. The van der Waals surface area contributed by atoms with E-state index in [0.717, 1.165) is 27.8 Å². The summed E-state index contributed by atoms with van der Waals surface area (Å²) in [5.74, 6) is 0. The van der Waals surface area contributed by atoms with Crippen molar-refractivity contribution in [3.8, 4) is 33.4 Å². The molecule has 0 spiro atoms. The van der Waals surface area contributed by atoms with Gasteiger partial charge in [0.05, 0.1) is 11.4 Å². The topological polar surface area (TPSA) is 86.6 Å². The fourth-order valence-corrected chi connectivity index (χ4v) is 7.01. The van der Waals surface area contributed by atoms with Crippen LogP contribution in [0.1, 0.15) is 5.56 Å². The highest BCUT2D eigenvalue weighted by molar-refractivity contribution is 6.50. The molecular formula is C47H34N4. The molecule has 0 bridgehead atoms. The first kappa shape index (κ1) is 31.4. The first-order chi connectivity index (χ1) is 25.1. The van der Waals surface area contributed by atoms with Crippen molar-refractivity contribution >= 4 is 55.0 Å². The van der Waals surface area contributed by atoms with Crippen LogP contribution in [0.15, 0.2) is 182 Å². The molecule has 242 valence electrons. The number of allylic oxidation sites excluding steroid dienone is 4. The van der Waals surface area contributed by atoms with Gasteiger partial charge in [0.1, 0.15) is 0 Å². The van der Waals surface area contributed by atoms with E-state index in [1.165, 1.54) is 54.7 Å². The van der Waals surface area contributed by atoms with Gasteiger partial charge in [-0.2, -0.15) is 0 Å². The van der Waals surface area contributed by atoms with Crippen LogP contribution in [0.25, 0.3) is 71.3 Å². The summed E-state index contributed by atoms with van der Waals surface area (Å²) in [5.41, 5.74) is 16.4. The minimum atomic E-state index is 0.240. The number of nitrogen functional groups attached to an aromatic ring is 1. The van der Waals surface area contributed by atoms with Gasteiger partial charge in [-0.3, -0.25) is 15.8 Å². The molecule has 1 heterocycles. The number of hydrogen-bond donors (Lipinski definition) is 3.